The number of fused-ring (bicyclic) bond motifs is 1. The first-order valence-corrected chi connectivity index (χ1v) is 9.63. The number of carbonyl (C=O) groups excluding carboxylic acids is 3. The summed E-state index contributed by atoms with van der Waals surface area (Å²) in [5.41, 5.74) is 0.948. The maximum Gasteiger partial charge on any atom is 0.287 e. The van der Waals surface area contributed by atoms with Crippen molar-refractivity contribution in [1.82, 2.24) is 15.5 Å². The highest BCUT2D eigenvalue weighted by Crippen LogP contribution is 2.24. The largest absolute Gasteiger partial charge is 0.497 e. The summed E-state index contributed by atoms with van der Waals surface area (Å²) in [6.45, 7) is 0.430. The van der Waals surface area contributed by atoms with E-state index in [1.807, 2.05) is 24.3 Å². The smallest absolute Gasteiger partial charge is 0.287 e. The zero-order valence-electron chi connectivity index (χ0n) is 16.1. The Balaban J connectivity index is 1.38. The zero-order valence-corrected chi connectivity index (χ0v) is 16.1. The third kappa shape index (κ3) is 3.96. The second-order valence-electron chi connectivity index (χ2n) is 7.33. The average Bonchev–Trinajstić information content (AvgIpc) is 3.27. The van der Waals surface area contributed by atoms with Gasteiger partial charge in [-0.25, -0.2) is 0 Å². The molecule has 0 aliphatic carbocycles. The minimum Gasteiger partial charge on any atom is -0.497 e. The number of nitrogens with one attached hydrogen (secondary N) is 2. The van der Waals surface area contributed by atoms with E-state index in [0.717, 1.165) is 11.3 Å². The number of piperidine rings is 1. The molecule has 3 heterocycles. The Bertz CT molecular complexity index is 894. The van der Waals surface area contributed by atoms with Gasteiger partial charge in [0.05, 0.1) is 13.4 Å². The van der Waals surface area contributed by atoms with Crippen LogP contribution in [-0.2, 0) is 16.0 Å². The topological polar surface area (TPSA) is 101 Å². The maximum absolute atomic E-state index is 12.9. The lowest BCUT2D eigenvalue weighted by molar-refractivity contribution is -0.151. The molecule has 2 aliphatic rings. The molecule has 3 atom stereocenters. The Morgan fingerprint density at radius 2 is 2.07 bits per heavy atom. The van der Waals surface area contributed by atoms with E-state index in [-0.39, 0.29) is 29.5 Å². The van der Waals surface area contributed by atoms with Crippen molar-refractivity contribution in [3.05, 3.63) is 54.0 Å². The number of nitrogens with zero attached hydrogens (tertiary/aromatic N) is 1. The van der Waals surface area contributed by atoms with E-state index in [1.165, 1.54) is 6.26 Å². The molecule has 0 bridgehead atoms. The number of amides is 3. The van der Waals surface area contributed by atoms with E-state index in [1.54, 1.807) is 24.1 Å². The number of carbonyl (C=O) groups is 3. The number of hydrogen-bond donors (Lipinski definition) is 2. The van der Waals surface area contributed by atoms with Crippen LogP contribution in [-0.4, -0.2) is 54.4 Å². The minimum atomic E-state index is -0.582. The molecule has 152 valence electrons. The maximum atomic E-state index is 12.9. The van der Waals surface area contributed by atoms with Crippen LogP contribution in [0.25, 0.3) is 0 Å². The molecule has 2 N–H and O–H groups in total. The van der Waals surface area contributed by atoms with Crippen LogP contribution in [0.15, 0.2) is 47.1 Å². The van der Waals surface area contributed by atoms with Crippen molar-refractivity contribution >= 4 is 17.7 Å². The molecule has 2 saturated heterocycles. The Morgan fingerprint density at radius 3 is 2.76 bits per heavy atom. The van der Waals surface area contributed by atoms with E-state index in [4.69, 9.17) is 9.15 Å². The summed E-state index contributed by atoms with van der Waals surface area (Å²) in [5.74, 6) is 0.400. The molecule has 2 aromatic rings. The van der Waals surface area contributed by atoms with Crippen LogP contribution >= 0.6 is 0 Å². The first kappa shape index (κ1) is 19.0. The standard InChI is InChI=1S/C21H23N3O5/c1-28-15-6-4-13(5-7-15)11-16-21(27)24-9-8-14(12-17(24)19(25)23-16)22-20(26)18-3-2-10-29-18/h2-7,10,14,16-17H,8-9,11-12H2,1H3,(H,22,26)(H,23,25)/t14-,16+,17-/m0/s1. The first-order valence-electron chi connectivity index (χ1n) is 9.63. The molecule has 0 spiro atoms. The lowest BCUT2D eigenvalue weighted by Crippen LogP contribution is -2.67. The molecule has 29 heavy (non-hydrogen) atoms. The molecule has 0 saturated carbocycles. The van der Waals surface area contributed by atoms with Gasteiger partial charge in [-0.2, -0.15) is 0 Å². The summed E-state index contributed by atoms with van der Waals surface area (Å²) in [6.07, 6.45) is 2.85. The normalized spacial score (nSPS) is 23.9. The number of furan rings is 1. The second kappa shape index (κ2) is 7.98. The number of piperazine rings is 1. The van der Waals surface area contributed by atoms with Crippen molar-refractivity contribution in [2.75, 3.05) is 13.7 Å². The van der Waals surface area contributed by atoms with Gasteiger partial charge in [-0.15, -0.1) is 0 Å². The number of methoxy groups -OCH3 is 1. The third-order valence-corrected chi connectivity index (χ3v) is 5.48. The average molecular weight is 397 g/mol. The number of ether oxygens (including phenoxy) is 1. The van der Waals surface area contributed by atoms with Gasteiger partial charge in [0.15, 0.2) is 5.76 Å². The van der Waals surface area contributed by atoms with Crippen LogP contribution in [0.3, 0.4) is 0 Å². The SMILES string of the molecule is COc1ccc(C[C@H]2NC(=O)[C@@H]3C[C@@H](NC(=O)c4ccco4)CCN3C2=O)cc1. The van der Waals surface area contributed by atoms with Gasteiger partial charge in [-0.3, -0.25) is 14.4 Å². The lowest BCUT2D eigenvalue weighted by Gasteiger charge is -2.44. The highest BCUT2D eigenvalue weighted by atomic mass is 16.5. The molecule has 2 fully saturated rings. The van der Waals surface area contributed by atoms with Gasteiger partial charge in [0, 0.05) is 19.0 Å². The van der Waals surface area contributed by atoms with Crippen molar-refractivity contribution in [1.29, 1.82) is 0 Å². The number of hydrogen-bond acceptors (Lipinski definition) is 5. The molecule has 8 nitrogen and oxygen atoms in total. The highest BCUT2D eigenvalue weighted by Gasteiger charge is 2.44. The molecule has 0 unspecified atom stereocenters. The van der Waals surface area contributed by atoms with Gasteiger partial charge < -0.3 is 24.7 Å². The molecule has 0 radical (unpaired) electrons. The molecular formula is C21H23N3O5. The second-order valence-corrected chi connectivity index (χ2v) is 7.33. The third-order valence-electron chi connectivity index (χ3n) is 5.48. The molecule has 1 aromatic heterocycles. The monoisotopic (exact) mass is 397 g/mol. The Morgan fingerprint density at radius 1 is 1.28 bits per heavy atom. The van der Waals surface area contributed by atoms with Crippen LogP contribution in [0.4, 0.5) is 0 Å². The molecule has 8 heteroatoms. The number of rotatable bonds is 5. The predicted molar refractivity (Wildman–Crippen MR) is 103 cm³/mol. The molecule has 1 aromatic carbocycles. The van der Waals surface area contributed by atoms with Gasteiger partial charge in [0.25, 0.3) is 5.91 Å². The van der Waals surface area contributed by atoms with Gasteiger partial charge in [0.1, 0.15) is 17.8 Å². The van der Waals surface area contributed by atoms with Crippen molar-refractivity contribution < 1.29 is 23.5 Å². The molecule has 4 rings (SSSR count). The van der Waals surface area contributed by atoms with Crippen molar-refractivity contribution in [3.63, 3.8) is 0 Å². The van der Waals surface area contributed by atoms with E-state index in [9.17, 15) is 14.4 Å². The molecule has 2 aliphatic heterocycles. The first-order chi connectivity index (χ1) is 14.0. The fraction of sp³-hybridized carbons (Fsp3) is 0.381. The summed E-state index contributed by atoms with van der Waals surface area (Å²) >= 11 is 0. The van der Waals surface area contributed by atoms with E-state index in [0.29, 0.717) is 25.8 Å². The lowest BCUT2D eigenvalue weighted by atomic mass is 9.91. The molecular weight excluding hydrogens is 374 g/mol. The highest BCUT2D eigenvalue weighted by molar-refractivity contribution is 5.97. The zero-order chi connectivity index (χ0) is 20.4. The van der Waals surface area contributed by atoms with Gasteiger partial charge in [0.2, 0.25) is 11.8 Å². The van der Waals surface area contributed by atoms with Gasteiger partial charge in [-0.05, 0) is 42.7 Å². The van der Waals surface area contributed by atoms with Crippen LogP contribution < -0.4 is 15.4 Å². The van der Waals surface area contributed by atoms with Gasteiger partial charge in [-0.1, -0.05) is 12.1 Å². The van der Waals surface area contributed by atoms with E-state index < -0.39 is 12.1 Å². The van der Waals surface area contributed by atoms with Crippen LogP contribution in [0.5, 0.6) is 5.75 Å². The summed E-state index contributed by atoms with van der Waals surface area (Å²) in [5, 5.41) is 5.74. The van der Waals surface area contributed by atoms with Crippen molar-refractivity contribution in [2.24, 2.45) is 0 Å². The van der Waals surface area contributed by atoms with Gasteiger partial charge >= 0.3 is 0 Å². The summed E-state index contributed by atoms with van der Waals surface area (Å²) in [4.78, 5) is 39.4. The summed E-state index contributed by atoms with van der Waals surface area (Å²) in [6, 6.07) is 9.35. The van der Waals surface area contributed by atoms with Crippen molar-refractivity contribution in [3.8, 4) is 5.75 Å². The molecule has 3 amide bonds. The summed E-state index contributed by atoms with van der Waals surface area (Å²) < 4.78 is 10.3. The van der Waals surface area contributed by atoms with E-state index in [2.05, 4.69) is 10.6 Å². The number of benzene rings is 1. The Kier molecular flexibility index (Phi) is 5.24. The van der Waals surface area contributed by atoms with Crippen LogP contribution in [0.1, 0.15) is 29.0 Å². The van der Waals surface area contributed by atoms with Crippen LogP contribution in [0.2, 0.25) is 0 Å². The summed E-state index contributed by atoms with van der Waals surface area (Å²) in [7, 11) is 1.60. The fourth-order valence-corrected chi connectivity index (χ4v) is 3.94. The van der Waals surface area contributed by atoms with E-state index >= 15 is 0 Å². The van der Waals surface area contributed by atoms with Crippen molar-refractivity contribution in [2.45, 2.75) is 37.4 Å². The minimum absolute atomic E-state index is 0.0822. The Hall–Kier alpha value is -3.29. The Labute approximate surface area is 168 Å². The fourth-order valence-electron chi connectivity index (χ4n) is 3.94. The predicted octanol–water partition coefficient (Wildman–Crippen LogP) is 1.12. The quantitative estimate of drug-likeness (QED) is 0.787. The van der Waals surface area contributed by atoms with Crippen LogP contribution in [0, 0.1) is 0 Å².